The van der Waals surface area contributed by atoms with Crippen molar-refractivity contribution in [3.63, 3.8) is 0 Å². The first-order chi connectivity index (χ1) is 11.8. The third-order valence-electron chi connectivity index (χ3n) is 4.06. The summed E-state index contributed by atoms with van der Waals surface area (Å²) in [4.78, 5) is 26.0. The van der Waals surface area contributed by atoms with E-state index in [1.807, 2.05) is 48.5 Å². The average molecular weight is 320 g/mol. The van der Waals surface area contributed by atoms with E-state index in [-0.39, 0.29) is 11.2 Å². The Kier molecular flexibility index (Phi) is 3.51. The van der Waals surface area contributed by atoms with Crippen molar-refractivity contribution in [2.75, 3.05) is 12.0 Å². The molecule has 1 aliphatic rings. The highest BCUT2D eigenvalue weighted by Crippen LogP contribution is 2.18. The van der Waals surface area contributed by atoms with Crippen molar-refractivity contribution < 1.29 is 0 Å². The van der Waals surface area contributed by atoms with Gasteiger partial charge in [-0.3, -0.25) is 10.1 Å². The minimum absolute atomic E-state index is 0.298. The molecule has 1 aromatic heterocycles. The molecule has 0 amide bonds. The summed E-state index contributed by atoms with van der Waals surface area (Å²) < 4.78 is 2.78. The molecule has 4 rings (SSSR count). The standard InChI is InChI=1S/C18H16N4O2/c23-17-15-11-19-12-20-16(15)21(13-7-3-1-4-8-13)18(24)22(17)14-9-5-2-6-10-14/h1-10,19-20H,11-12H2. The van der Waals surface area contributed by atoms with Crippen LogP contribution in [0.1, 0.15) is 5.56 Å². The van der Waals surface area contributed by atoms with Gasteiger partial charge in [0.1, 0.15) is 5.82 Å². The Morgan fingerprint density at radius 3 is 2.00 bits per heavy atom. The van der Waals surface area contributed by atoms with Crippen LogP contribution in [0, 0.1) is 0 Å². The normalized spacial score (nSPS) is 13.2. The molecule has 0 bridgehead atoms. The Morgan fingerprint density at radius 2 is 1.38 bits per heavy atom. The van der Waals surface area contributed by atoms with Gasteiger partial charge < -0.3 is 5.32 Å². The molecule has 0 spiro atoms. The number of benzene rings is 2. The first kappa shape index (κ1) is 14.5. The monoisotopic (exact) mass is 320 g/mol. The lowest BCUT2D eigenvalue weighted by Crippen LogP contribution is -2.45. The minimum Gasteiger partial charge on any atom is -0.358 e. The van der Waals surface area contributed by atoms with Crippen LogP contribution in [-0.4, -0.2) is 15.8 Å². The zero-order chi connectivity index (χ0) is 16.5. The third-order valence-corrected chi connectivity index (χ3v) is 4.06. The number of aromatic nitrogens is 2. The molecule has 1 aliphatic heterocycles. The van der Waals surface area contributed by atoms with E-state index in [4.69, 9.17) is 0 Å². The zero-order valence-corrected chi connectivity index (χ0v) is 12.9. The number of nitrogens with one attached hydrogen (secondary N) is 2. The summed E-state index contributed by atoms with van der Waals surface area (Å²) in [7, 11) is 0. The van der Waals surface area contributed by atoms with E-state index < -0.39 is 0 Å². The van der Waals surface area contributed by atoms with Crippen LogP contribution < -0.4 is 21.9 Å². The summed E-state index contributed by atoms with van der Waals surface area (Å²) in [5, 5.41) is 6.25. The predicted molar refractivity (Wildman–Crippen MR) is 93.0 cm³/mol. The number of anilines is 1. The number of para-hydroxylation sites is 2. The number of fused-ring (bicyclic) bond motifs is 1. The summed E-state index contributed by atoms with van der Waals surface area (Å²) in [6.07, 6.45) is 0. The van der Waals surface area contributed by atoms with Gasteiger partial charge in [0.05, 0.1) is 23.6 Å². The van der Waals surface area contributed by atoms with E-state index in [9.17, 15) is 9.59 Å². The quantitative estimate of drug-likeness (QED) is 0.750. The first-order valence-electron chi connectivity index (χ1n) is 7.74. The fourth-order valence-corrected chi connectivity index (χ4v) is 2.95. The smallest absolute Gasteiger partial charge is 0.341 e. The Bertz CT molecular complexity index is 991. The zero-order valence-electron chi connectivity index (χ0n) is 12.9. The summed E-state index contributed by atoms with van der Waals surface area (Å²) in [6.45, 7) is 0.926. The molecule has 3 aromatic rings. The van der Waals surface area contributed by atoms with Gasteiger partial charge in [-0.1, -0.05) is 36.4 Å². The molecule has 2 N–H and O–H groups in total. The molecular formula is C18H16N4O2. The van der Waals surface area contributed by atoms with Crippen molar-refractivity contribution in [1.82, 2.24) is 14.5 Å². The van der Waals surface area contributed by atoms with Crippen molar-refractivity contribution in [2.45, 2.75) is 6.54 Å². The van der Waals surface area contributed by atoms with Gasteiger partial charge in [-0.2, -0.15) is 0 Å². The Balaban J connectivity index is 2.11. The summed E-state index contributed by atoms with van der Waals surface area (Å²) in [6, 6.07) is 18.3. The molecule has 0 radical (unpaired) electrons. The van der Waals surface area contributed by atoms with Gasteiger partial charge in [-0.15, -0.1) is 0 Å². The SMILES string of the molecule is O=c1c2c(n(-c3ccccc3)c(=O)n1-c1ccccc1)NCNC2. The van der Waals surface area contributed by atoms with E-state index in [0.717, 1.165) is 5.69 Å². The van der Waals surface area contributed by atoms with Crippen molar-refractivity contribution in [1.29, 1.82) is 0 Å². The Labute approximate surface area is 138 Å². The highest BCUT2D eigenvalue weighted by atomic mass is 16.2. The van der Waals surface area contributed by atoms with Crippen LogP contribution in [0.3, 0.4) is 0 Å². The average Bonchev–Trinajstić information content (AvgIpc) is 2.64. The third kappa shape index (κ3) is 2.24. The van der Waals surface area contributed by atoms with E-state index >= 15 is 0 Å². The van der Waals surface area contributed by atoms with Gasteiger partial charge in [0.15, 0.2) is 0 Å². The molecule has 120 valence electrons. The maximum absolute atomic E-state index is 13.1. The lowest BCUT2D eigenvalue weighted by Gasteiger charge is -2.24. The van der Waals surface area contributed by atoms with Gasteiger partial charge in [0, 0.05) is 6.54 Å². The second-order valence-electron chi connectivity index (χ2n) is 5.54. The van der Waals surface area contributed by atoms with Crippen LogP contribution in [0.2, 0.25) is 0 Å². The van der Waals surface area contributed by atoms with Crippen LogP contribution in [0.5, 0.6) is 0 Å². The van der Waals surface area contributed by atoms with Crippen LogP contribution in [-0.2, 0) is 6.54 Å². The number of hydrogen-bond donors (Lipinski definition) is 2. The van der Waals surface area contributed by atoms with Gasteiger partial charge in [-0.05, 0) is 24.3 Å². The lowest BCUT2D eigenvalue weighted by molar-refractivity contribution is 0.659. The Morgan fingerprint density at radius 1 is 0.792 bits per heavy atom. The van der Waals surface area contributed by atoms with E-state index in [1.54, 1.807) is 16.7 Å². The number of rotatable bonds is 2. The van der Waals surface area contributed by atoms with Crippen molar-refractivity contribution >= 4 is 5.82 Å². The van der Waals surface area contributed by atoms with Gasteiger partial charge in [0.25, 0.3) is 5.56 Å². The molecular weight excluding hydrogens is 304 g/mol. The molecule has 0 fully saturated rings. The van der Waals surface area contributed by atoms with Crippen molar-refractivity contribution in [2.24, 2.45) is 0 Å². The van der Waals surface area contributed by atoms with Gasteiger partial charge >= 0.3 is 5.69 Å². The van der Waals surface area contributed by atoms with Gasteiger partial charge in [-0.25, -0.2) is 13.9 Å². The van der Waals surface area contributed by atoms with Crippen LogP contribution in [0.15, 0.2) is 70.3 Å². The maximum Gasteiger partial charge on any atom is 0.341 e. The summed E-state index contributed by atoms with van der Waals surface area (Å²) in [5.74, 6) is 0.558. The molecule has 0 saturated carbocycles. The molecule has 6 nitrogen and oxygen atoms in total. The fourth-order valence-electron chi connectivity index (χ4n) is 2.95. The highest BCUT2D eigenvalue weighted by molar-refractivity contribution is 5.53. The molecule has 0 unspecified atom stereocenters. The summed E-state index contributed by atoms with van der Waals surface area (Å²) >= 11 is 0. The largest absolute Gasteiger partial charge is 0.358 e. The van der Waals surface area contributed by atoms with E-state index in [1.165, 1.54) is 4.57 Å². The molecule has 6 heteroatoms. The molecule has 2 aromatic carbocycles. The Hall–Kier alpha value is -3.12. The fraction of sp³-hybridized carbons (Fsp3) is 0.111. The topological polar surface area (TPSA) is 68.1 Å². The van der Waals surface area contributed by atoms with Crippen LogP contribution in [0.25, 0.3) is 11.4 Å². The highest BCUT2D eigenvalue weighted by Gasteiger charge is 2.22. The lowest BCUT2D eigenvalue weighted by atomic mass is 10.2. The van der Waals surface area contributed by atoms with Gasteiger partial charge in [0.2, 0.25) is 0 Å². The van der Waals surface area contributed by atoms with Crippen molar-refractivity contribution in [3.8, 4) is 11.4 Å². The molecule has 24 heavy (non-hydrogen) atoms. The number of hydrogen-bond acceptors (Lipinski definition) is 4. The molecule has 0 saturated heterocycles. The predicted octanol–water partition coefficient (Wildman–Crippen LogP) is 1.46. The molecule has 2 heterocycles. The van der Waals surface area contributed by atoms with Crippen molar-refractivity contribution in [3.05, 3.63) is 87.1 Å². The van der Waals surface area contributed by atoms with E-state index in [0.29, 0.717) is 30.3 Å². The second kappa shape index (κ2) is 5.82. The minimum atomic E-state index is -0.384. The molecule has 0 atom stereocenters. The molecule has 0 aliphatic carbocycles. The number of nitrogens with zero attached hydrogens (tertiary/aromatic N) is 2. The summed E-state index contributed by atoms with van der Waals surface area (Å²) in [5.41, 5.74) is 1.15. The maximum atomic E-state index is 13.1. The second-order valence-corrected chi connectivity index (χ2v) is 5.54. The first-order valence-corrected chi connectivity index (χ1v) is 7.74. The van der Waals surface area contributed by atoms with Crippen LogP contribution in [0.4, 0.5) is 5.82 Å². The van der Waals surface area contributed by atoms with E-state index in [2.05, 4.69) is 10.6 Å². The van der Waals surface area contributed by atoms with Crippen LogP contribution >= 0.6 is 0 Å².